The number of benzene rings is 2. The van der Waals surface area contributed by atoms with E-state index in [2.05, 4.69) is 15.3 Å². The van der Waals surface area contributed by atoms with E-state index < -0.39 is 18.2 Å². The molecule has 0 aliphatic carbocycles. The van der Waals surface area contributed by atoms with Gasteiger partial charge in [0.05, 0.1) is 22.9 Å². The molecule has 2 atom stereocenters. The molecule has 2 aliphatic rings. The number of likely N-dealkylation sites (tertiary alicyclic amines) is 1. The molecular formula is C35H39FN6O4. The highest BCUT2D eigenvalue weighted by atomic mass is 19.1. The van der Waals surface area contributed by atoms with E-state index >= 15 is 0 Å². The maximum atomic E-state index is 13.4. The Morgan fingerprint density at radius 2 is 1.87 bits per heavy atom. The molecule has 0 bridgehead atoms. The number of carbonyl (C=O) groups is 2. The van der Waals surface area contributed by atoms with Crippen molar-refractivity contribution in [3.8, 4) is 22.9 Å². The highest BCUT2D eigenvalue weighted by Crippen LogP contribution is 2.40. The molecule has 0 radical (unpaired) electrons. The maximum absolute atomic E-state index is 13.4. The molecule has 0 saturated carbocycles. The van der Waals surface area contributed by atoms with E-state index in [0.717, 1.165) is 34.9 Å². The smallest absolute Gasteiger partial charge is 0.410 e. The molecular weight excluding hydrogens is 587 g/mol. The zero-order chi connectivity index (χ0) is 32.4. The van der Waals surface area contributed by atoms with Crippen molar-refractivity contribution in [3.05, 3.63) is 66.5 Å². The number of hydrogen-bond donors (Lipinski definition) is 1. The standard InChI is InChI=1S/C35H39FN6O4/c1-22-12-13-25-26(9-5-11-29(25)42-19-15-23(20-36)32(42)43)30(22)45-31-27(10-6-16-37-31)28-14-17-38-33(40-28)39-24-8-7-18-41(21-24)34(44)46-35(2,3)4/h5-6,9-14,16-17,23-24H,7-8,15,18-21H2,1-4H3,(H,38,39,40). The van der Waals surface area contributed by atoms with Crippen LogP contribution in [0.4, 0.5) is 20.8 Å². The van der Waals surface area contributed by atoms with Gasteiger partial charge in [-0.1, -0.05) is 24.3 Å². The molecule has 0 spiro atoms. The van der Waals surface area contributed by atoms with Gasteiger partial charge in [-0.25, -0.2) is 19.7 Å². The van der Waals surface area contributed by atoms with Crippen LogP contribution in [0.5, 0.6) is 11.6 Å². The molecule has 2 aromatic carbocycles. The third-order valence-corrected chi connectivity index (χ3v) is 8.29. The first-order valence-corrected chi connectivity index (χ1v) is 15.7. The number of amides is 2. The van der Waals surface area contributed by atoms with Gasteiger partial charge in [-0.2, -0.15) is 0 Å². The molecule has 2 amide bonds. The first-order valence-electron chi connectivity index (χ1n) is 15.7. The Kier molecular flexibility index (Phi) is 8.75. The number of carbonyl (C=O) groups excluding carboxylic acids is 2. The molecule has 2 saturated heterocycles. The van der Waals surface area contributed by atoms with Gasteiger partial charge >= 0.3 is 6.09 Å². The third kappa shape index (κ3) is 6.59. The van der Waals surface area contributed by atoms with Gasteiger partial charge in [0.1, 0.15) is 18.0 Å². The molecule has 11 heteroatoms. The fraction of sp³-hybridized carbons (Fsp3) is 0.400. The Bertz CT molecular complexity index is 1760. The summed E-state index contributed by atoms with van der Waals surface area (Å²) in [5, 5.41) is 5.06. The number of alkyl halides is 1. The number of halogens is 1. The first kappa shape index (κ1) is 31.2. The van der Waals surface area contributed by atoms with E-state index in [1.54, 1.807) is 28.3 Å². The van der Waals surface area contributed by atoms with Crippen molar-refractivity contribution in [1.29, 1.82) is 0 Å². The average Bonchev–Trinajstić information content (AvgIpc) is 3.41. The van der Waals surface area contributed by atoms with Gasteiger partial charge in [-0.05, 0) is 76.8 Å². The van der Waals surface area contributed by atoms with E-state index in [1.165, 1.54) is 0 Å². The van der Waals surface area contributed by atoms with Crippen LogP contribution in [0, 0.1) is 12.8 Å². The Labute approximate surface area is 267 Å². The minimum Gasteiger partial charge on any atom is -0.444 e. The lowest BCUT2D eigenvalue weighted by Gasteiger charge is -2.34. The van der Waals surface area contributed by atoms with Crippen LogP contribution < -0.4 is 15.0 Å². The number of rotatable bonds is 7. The number of piperidine rings is 1. The van der Waals surface area contributed by atoms with Crippen molar-refractivity contribution >= 4 is 34.4 Å². The van der Waals surface area contributed by atoms with Gasteiger partial charge in [-0.15, -0.1) is 0 Å². The number of aryl methyl sites for hydroxylation is 1. The average molecular weight is 627 g/mol. The molecule has 4 heterocycles. The molecule has 46 heavy (non-hydrogen) atoms. The molecule has 6 rings (SSSR count). The molecule has 2 aromatic heterocycles. The number of aromatic nitrogens is 3. The van der Waals surface area contributed by atoms with Crippen molar-refractivity contribution in [1.82, 2.24) is 19.9 Å². The van der Waals surface area contributed by atoms with Gasteiger partial charge in [0.2, 0.25) is 17.7 Å². The normalized spacial score (nSPS) is 18.6. The molecule has 2 aliphatic heterocycles. The number of hydrogen-bond acceptors (Lipinski definition) is 8. The quantitative estimate of drug-likeness (QED) is 0.235. The summed E-state index contributed by atoms with van der Waals surface area (Å²) in [6.07, 6.45) is 5.23. The van der Waals surface area contributed by atoms with Crippen LogP contribution in [0.25, 0.3) is 22.0 Å². The summed E-state index contributed by atoms with van der Waals surface area (Å²) in [5.74, 6) is 0.642. The van der Waals surface area contributed by atoms with Crippen molar-refractivity contribution < 1.29 is 23.5 Å². The van der Waals surface area contributed by atoms with Gasteiger partial charge in [0, 0.05) is 48.8 Å². The zero-order valence-electron chi connectivity index (χ0n) is 26.6. The number of nitrogens with one attached hydrogen (secondary N) is 1. The lowest BCUT2D eigenvalue weighted by molar-refractivity contribution is -0.120. The topological polar surface area (TPSA) is 110 Å². The zero-order valence-corrected chi connectivity index (χ0v) is 26.6. The van der Waals surface area contributed by atoms with E-state index in [-0.39, 0.29) is 18.0 Å². The predicted octanol–water partition coefficient (Wildman–Crippen LogP) is 6.93. The van der Waals surface area contributed by atoms with Gasteiger partial charge < -0.3 is 24.6 Å². The van der Waals surface area contributed by atoms with Crippen molar-refractivity contribution in [2.45, 2.75) is 58.6 Å². The Hall–Kier alpha value is -4.80. The van der Waals surface area contributed by atoms with Crippen molar-refractivity contribution in [2.75, 3.05) is 36.5 Å². The third-order valence-electron chi connectivity index (χ3n) is 8.29. The summed E-state index contributed by atoms with van der Waals surface area (Å²) in [6.45, 7) is 8.50. The number of nitrogens with zero attached hydrogens (tertiary/aromatic N) is 5. The largest absolute Gasteiger partial charge is 0.444 e. The van der Waals surface area contributed by atoms with Crippen LogP contribution in [0.1, 0.15) is 45.6 Å². The molecule has 10 nitrogen and oxygen atoms in total. The van der Waals surface area contributed by atoms with E-state index in [0.29, 0.717) is 54.9 Å². The minimum atomic E-state index is -0.651. The van der Waals surface area contributed by atoms with Crippen LogP contribution in [-0.2, 0) is 9.53 Å². The fourth-order valence-corrected chi connectivity index (χ4v) is 6.03. The summed E-state index contributed by atoms with van der Waals surface area (Å²) in [6, 6.07) is 15.1. The number of fused-ring (bicyclic) bond motifs is 1. The lowest BCUT2D eigenvalue weighted by atomic mass is 10.0. The minimum absolute atomic E-state index is 0.0312. The summed E-state index contributed by atoms with van der Waals surface area (Å²) < 4.78 is 25.5. The molecule has 1 N–H and O–H groups in total. The van der Waals surface area contributed by atoms with E-state index in [4.69, 9.17) is 14.5 Å². The summed E-state index contributed by atoms with van der Waals surface area (Å²) >= 11 is 0. The first-order chi connectivity index (χ1) is 22.1. The summed E-state index contributed by atoms with van der Waals surface area (Å²) in [7, 11) is 0. The summed E-state index contributed by atoms with van der Waals surface area (Å²) in [4.78, 5) is 42.7. The fourth-order valence-electron chi connectivity index (χ4n) is 6.03. The van der Waals surface area contributed by atoms with Gasteiger partial charge in [0.15, 0.2) is 0 Å². The van der Waals surface area contributed by atoms with Crippen LogP contribution in [0.2, 0.25) is 0 Å². The van der Waals surface area contributed by atoms with E-state index in [9.17, 15) is 14.0 Å². The van der Waals surface area contributed by atoms with Crippen LogP contribution >= 0.6 is 0 Å². The van der Waals surface area contributed by atoms with Crippen molar-refractivity contribution in [2.24, 2.45) is 5.92 Å². The summed E-state index contributed by atoms with van der Waals surface area (Å²) in [5.41, 5.74) is 2.38. The second-order valence-corrected chi connectivity index (χ2v) is 12.8. The monoisotopic (exact) mass is 626 g/mol. The van der Waals surface area contributed by atoms with Crippen LogP contribution in [0.3, 0.4) is 0 Å². The molecule has 2 fully saturated rings. The molecule has 2 unspecified atom stereocenters. The second-order valence-electron chi connectivity index (χ2n) is 12.8. The van der Waals surface area contributed by atoms with Crippen LogP contribution in [0.15, 0.2) is 60.9 Å². The van der Waals surface area contributed by atoms with Crippen molar-refractivity contribution in [3.63, 3.8) is 0 Å². The Morgan fingerprint density at radius 3 is 2.65 bits per heavy atom. The van der Waals surface area contributed by atoms with E-state index in [1.807, 2.05) is 70.2 Å². The molecule has 240 valence electrons. The number of pyridine rings is 1. The Balaban J connectivity index is 1.25. The van der Waals surface area contributed by atoms with Crippen LogP contribution in [-0.4, -0.2) is 69.8 Å². The molecule has 4 aromatic rings. The Morgan fingerprint density at radius 1 is 1.02 bits per heavy atom. The highest BCUT2D eigenvalue weighted by molar-refractivity contribution is 6.07. The SMILES string of the molecule is Cc1ccc2c(N3CCC(CF)C3=O)cccc2c1Oc1ncccc1-c1ccnc(NC2CCCN(C(=O)OC(C)(C)C)C2)n1. The highest BCUT2D eigenvalue weighted by Gasteiger charge is 2.33. The van der Waals surface area contributed by atoms with Gasteiger partial charge in [-0.3, -0.25) is 9.18 Å². The maximum Gasteiger partial charge on any atom is 0.410 e. The number of ether oxygens (including phenoxy) is 2. The number of anilines is 2. The van der Waals surface area contributed by atoms with Gasteiger partial charge in [0.25, 0.3) is 0 Å². The second kappa shape index (κ2) is 12.9. The lowest BCUT2D eigenvalue weighted by Crippen LogP contribution is -2.47. The predicted molar refractivity (Wildman–Crippen MR) is 175 cm³/mol.